The molecule has 1 fully saturated rings. The summed E-state index contributed by atoms with van der Waals surface area (Å²) in [5, 5.41) is 0. The zero-order valence-electron chi connectivity index (χ0n) is 9.86. The summed E-state index contributed by atoms with van der Waals surface area (Å²) in [5.41, 5.74) is 0.561. The number of hydrogen-bond donors (Lipinski definition) is 0. The molecule has 1 aliphatic rings. The number of carbonyl (C=O) groups is 1. The van der Waals surface area contributed by atoms with Crippen LogP contribution < -0.4 is 0 Å². The monoisotopic (exact) mass is 237 g/mol. The van der Waals surface area contributed by atoms with Crippen LogP contribution in [0.3, 0.4) is 0 Å². The van der Waals surface area contributed by atoms with Crippen molar-refractivity contribution >= 4 is 5.78 Å². The normalized spacial score (nSPS) is 18.9. The van der Waals surface area contributed by atoms with E-state index < -0.39 is 0 Å². The van der Waals surface area contributed by atoms with Gasteiger partial charge in [0.05, 0.1) is 19.3 Å². The molecule has 0 amide bonds. The van der Waals surface area contributed by atoms with Crippen molar-refractivity contribution in [3.05, 3.63) is 35.6 Å². The average Bonchev–Trinajstić information content (AvgIpc) is 2.39. The summed E-state index contributed by atoms with van der Waals surface area (Å²) in [5.74, 6) is -0.285. The van der Waals surface area contributed by atoms with Crippen LogP contribution in [0.4, 0.5) is 4.39 Å². The molecular formula is C13H16FNO2. The lowest BCUT2D eigenvalue weighted by Crippen LogP contribution is -2.45. The first-order valence-corrected chi connectivity index (χ1v) is 5.80. The summed E-state index contributed by atoms with van der Waals surface area (Å²) in [4.78, 5) is 14.2. The van der Waals surface area contributed by atoms with Crippen molar-refractivity contribution in [2.45, 2.75) is 13.0 Å². The maximum atomic E-state index is 12.8. The molecule has 1 aliphatic heterocycles. The number of ether oxygens (including phenoxy) is 1. The molecule has 92 valence electrons. The SMILES string of the molecule is CC(C(=O)c1ccc(F)cc1)N1CCOCC1. The van der Waals surface area contributed by atoms with Gasteiger partial charge in [0.15, 0.2) is 5.78 Å². The van der Waals surface area contributed by atoms with Gasteiger partial charge in [0, 0.05) is 18.7 Å². The Morgan fingerprint density at radius 1 is 1.29 bits per heavy atom. The van der Waals surface area contributed by atoms with Crippen molar-refractivity contribution in [2.24, 2.45) is 0 Å². The second kappa shape index (κ2) is 5.38. The number of carbonyl (C=O) groups excluding carboxylic acids is 1. The molecule has 2 rings (SSSR count). The van der Waals surface area contributed by atoms with E-state index in [9.17, 15) is 9.18 Å². The second-order valence-corrected chi connectivity index (χ2v) is 4.20. The van der Waals surface area contributed by atoms with Crippen LogP contribution in [0.15, 0.2) is 24.3 Å². The Labute approximate surface area is 100 Å². The molecule has 0 saturated carbocycles. The van der Waals surface area contributed by atoms with Crippen LogP contribution in [0.1, 0.15) is 17.3 Å². The first-order chi connectivity index (χ1) is 8.18. The third-order valence-electron chi connectivity index (χ3n) is 3.10. The Morgan fingerprint density at radius 3 is 2.47 bits per heavy atom. The van der Waals surface area contributed by atoms with Crippen LogP contribution in [0, 0.1) is 5.82 Å². The fraction of sp³-hybridized carbons (Fsp3) is 0.462. The molecule has 1 aromatic rings. The number of hydrogen-bond acceptors (Lipinski definition) is 3. The van der Waals surface area contributed by atoms with E-state index >= 15 is 0 Å². The summed E-state index contributed by atoms with van der Waals surface area (Å²) in [6.45, 7) is 4.77. The molecule has 0 radical (unpaired) electrons. The van der Waals surface area contributed by atoms with E-state index in [2.05, 4.69) is 4.90 Å². The quantitative estimate of drug-likeness (QED) is 0.750. The third kappa shape index (κ3) is 2.90. The summed E-state index contributed by atoms with van der Waals surface area (Å²) < 4.78 is 18.0. The molecule has 0 aromatic heterocycles. The van der Waals surface area contributed by atoms with Gasteiger partial charge in [-0.3, -0.25) is 9.69 Å². The van der Waals surface area contributed by atoms with Gasteiger partial charge in [0.25, 0.3) is 0 Å². The van der Waals surface area contributed by atoms with Gasteiger partial charge in [-0.2, -0.15) is 0 Å². The van der Waals surface area contributed by atoms with Crippen LogP contribution >= 0.6 is 0 Å². The fourth-order valence-electron chi connectivity index (χ4n) is 1.99. The fourth-order valence-corrected chi connectivity index (χ4v) is 1.99. The topological polar surface area (TPSA) is 29.5 Å². The van der Waals surface area contributed by atoms with Crippen molar-refractivity contribution in [1.82, 2.24) is 4.90 Å². The molecular weight excluding hydrogens is 221 g/mol. The number of ketones is 1. The van der Waals surface area contributed by atoms with E-state index in [4.69, 9.17) is 4.74 Å². The first kappa shape index (κ1) is 12.2. The molecule has 0 bridgehead atoms. The van der Waals surface area contributed by atoms with E-state index in [-0.39, 0.29) is 17.6 Å². The number of morpholine rings is 1. The minimum absolute atomic E-state index is 0.0342. The van der Waals surface area contributed by atoms with Gasteiger partial charge in [-0.25, -0.2) is 4.39 Å². The summed E-state index contributed by atoms with van der Waals surface area (Å²) in [6, 6.07) is 5.53. The molecule has 3 nitrogen and oxygen atoms in total. The number of benzene rings is 1. The lowest BCUT2D eigenvalue weighted by atomic mass is 10.0. The lowest BCUT2D eigenvalue weighted by Gasteiger charge is -2.31. The van der Waals surface area contributed by atoms with Crippen LogP contribution in [-0.2, 0) is 4.74 Å². The summed E-state index contributed by atoms with van der Waals surface area (Å²) in [7, 11) is 0. The molecule has 0 aliphatic carbocycles. The highest BCUT2D eigenvalue weighted by Crippen LogP contribution is 2.11. The highest BCUT2D eigenvalue weighted by molar-refractivity contribution is 5.99. The molecule has 17 heavy (non-hydrogen) atoms. The molecule has 1 atom stereocenters. The molecule has 1 heterocycles. The minimum atomic E-state index is -0.319. The van der Waals surface area contributed by atoms with Gasteiger partial charge in [0.1, 0.15) is 5.82 Å². The van der Waals surface area contributed by atoms with Crippen LogP contribution in [0.25, 0.3) is 0 Å². The van der Waals surface area contributed by atoms with Gasteiger partial charge < -0.3 is 4.74 Å². The number of halogens is 1. The van der Waals surface area contributed by atoms with Gasteiger partial charge >= 0.3 is 0 Å². The van der Waals surface area contributed by atoms with Crippen molar-refractivity contribution in [2.75, 3.05) is 26.3 Å². The molecule has 1 unspecified atom stereocenters. The lowest BCUT2D eigenvalue weighted by molar-refractivity contribution is 0.0208. The maximum absolute atomic E-state index is 12.8. The standard InChI is InChI=1S/C13H16FNO2/c1-10(15-6-8-17-9-7-15)13(16)11-2-4-12(14)5-3-11/h2-5,10H,6-9H2,1H3. The Hall–Kier alpha value is -1.26. The zero-order chi connectivity index (χ0) is 12.3. The Morgan fingerprint density at radius 2 is 1.88 bits per heavy atom. The van der Waals surface area contributed by atoms with Crippen LogP contribution in [0.2, 0.25) is 0 Å². The van der Waals surface area contributed by atoms with Crippen LogP contribution in [0.5, 0.6) is 0 Å². The maximum Gasteiger partial charge on any atom is 0.179 e. The minimum Gasteiger partial charge on any atom is -0.379 e. The van der Waals surface area contributed by atoms with E-state index in [1.165, 1.54) is 24.3 Å². The highest BCUT2D eigenvalue weighted by atomic mass is 19.1. The van der Waals surface area contributed by atoms with E-state index in [1.807, 2.05) is 6.92 Å². The molecule has 1 aromatic carbocycles. The smallest absolute Gasteiger partial charge is 0.179 e. The van der Waals surface area contributed by atoms with Crippen molar-refractivity contribution in [3.8, 4) is 0 Å². The van der Waals surface area contributed by atoms with Gasteiger partial charge in [-0.05, 0) is 31.2 Å². The first-order valence-electron chi connectivity index (χ1n) is 5.80. The van der Waals surface area contributed by atoms with Crippen molar-refractivity contribution in [3.63, 3.8) is 0 Å². The van der Waals surface area contributed by atoms with Crippen LogP contribution in [-0.4, -0.2) is 43.0 Å². The summed E-state index contributed by atoms with van der Waals surface area (Å²) in [6.07, 6.45) is 0. The van der Waals surface area contributed by atoms with Gasteiger partial charge in [-0.1, -0.05) is 0 Å². The van der Waals surface area contributed by atoms with Gasteiger partial charge in [-0.15, -0.1) is 0 Å². The Balaban J connectivity index is 2.05. The van der Waals surface area contributed by atoms with Crippen molar-refractivity contribution in [1.29, 1.82) is 0 Å². The van der Waals surface area contributed by atoms with Gasteiger partial charge in [0.2, 0.25) is 0 Å². The largest absolute Gasteiger partial charge is 0.379 e. The second-order valence-electron chi connectivity index (χ2n) is 4.20. The predicted molar refractivity (Wildman–Crippen MR) is 62.6 cm³/mol. The molecule has 4 heteroatoms. The summed E-state index contributed by atoms with van der Waals surface area (Å²) >= 11 is 0. The molecule has 1 saturated heterocycles. The Bertz CT molecular complexity index is 385. The zero-order valence-corrected chi connectivity index (χ0v) is 9.86. The molecule has 0 spiro atoms. The van der Waals surface area contributed by atoms with E-state index in [0.717, 1.165) is 13.1 Å². The van der Waals surface area contributed by atoms with Crippen molar-refractivity contribution < 1.29 is 13.9 Å². The number of nitrogens with zero attached hydrogens (tertiary/aromatic N) is 1. The average molecular weight is 237 g/mol. The van der Waals surface area contributed by atoms with E-state index in [1.54, 1.807) is 0 Å². The Kier molecular flexibility index (Phi) is 3.86. The molecule has 0 N–H and O–H groups in total. The third-order valence-corrected chi connectivity index (χ3v) is 3.10. The number of Topliss-reactive ketones (excluding diaryl/α,β-unsaturated/α-hetero) is 1. The highest BCUT2D eigenvalue weighted by Gasteiger charge is 2.23. The predicted octanol–water partition coefficient (Wildman–Crippen LogP) is 1.73. The number of rotatable bonds is 3. The van der Waals surface area contributed by atoms with E-state index in [0.29, 0.717) is 18.8 Å².